The third kappa shape index (κ3) is 4.73. The van der Waals surface area contributed by atoms with E-state index >= 15 is 0 Å². The molecule has 1 saturated heterocycles. The second-order valence-electron chi connectivity index (χ2n) is 9.73. The van der Waals surface area contributed by atoms with E-state index in [1.807, 2.05) is 6.07 Å². The summed E-state index contributed by atoms with van der Waals surface area (Å²) in [4.78, 5) is 63.4. The Morgan fingerprint density at radius 1 is 1.05 bits per heavy atom. The van der Waals surface area contributed by atoms with Crippen LogP contribution in [0.1, 0.15) is 82.0 Å². The van der Waals surface area contributed by atoms with Gasteiger partial charge in [-0.3, -0.25) is 34.2 Å². The summed E-state index contributed by atoms with van der Waals surface area (Å²) in [7, 11) is 0. The molecule has 0 bridgehead atoms. The molecule has 2 N–H and O–H groups in total. The van der Waals surface area contributed by atoms with Gasteiger partial charge >= 0.3 is 0 Å². The van der Waals surface area contributed by atoms with Crippen molar-refractivity contribution in [1.29, 1.82) is 0 Å². The minimum atomic E-state index is -1.03. The van der Waals surface area contributed by atoms with Gasteiger partial charge in [0.2, 0.25) is 17.7 Å². The third-order valence-corrected chi connectivity index (χ3v) is 7.31. The fraction of sp³-hybridized carbons (Fsp3) is 0.393. The number of piperidine rings is 1. The second kappa shape index (κ2) is 10.2. The van der Waals surface area contributed by atoms with Gasteiger partial charge in [0.15, 0.2) is 0 Å². The number of aryl methyl sites for hydroxylation is 1. The molecule has 2 aliphatic heterocycles. The Hall–Kier alpha value is -4.01. The van der Waals surface area contributed by atoms with Gasteiger partial charge in [-0.25, -0.2) is 0 Å². The summed E-state index contributed by atoms with van der Waals surface area (Å²) in [6, 6.07) is 9.92. The first-order chi connectivity index (χ1) is 17.8. The Morgan fingerprint density at radius 3 is 2.68 bits per heavy atom. The number of nitrogens with zero attached hydrogens (tertiary/aromatic N) is 1. The number of nitrogens with one attached hydrogen (secondary N) is 2. The lowest BCUT2D eigenvalue weighted by Crippen LogP contribution is -2.54. The van der Waals surface area contributed by atoms with Crippen molar-refractivity contribution in [3.8, 4) is 5.75 Å². The molecular weight excluding hydrogens is 474 g/mol. The molecule has 2 atom stereocenters. The normalized spacial score (nSPS) is 20.8. The van der Waals surface area contributed by atoms with Gasteiger partial charge in [0.1, 0.15) is 11.8 Å². The highest BCUT2D eigenvalue weighted by atomic mass is 16.5. The first kappa shape index (κ1) is 24.7. The highest BCUT2D eigenvalue weighted by Crippen LogP contribution is 2.34. The summed E-state index contributed by atoms with van der Waals surface area (Å²) in [6.45, 7) is 2.28. The largest absolute Gasteiger partial charge is 0.493 e. The minimum absolute atomic E-state index is 0.0105. The summed E-state index contributed by atoms with van der Waals surface area (Å²) in [5.74, 6) is -2.10. The molecule has 5 rings (SSSR count). The van der Waals surface area contributed by atoms with E-state index in [4.69, 9.17) is 4.74 Å². The summed E-state index contributed by atoms with van der Waals surface area (Å²) < 4.78 is 5.83. The van der Waals surface area contributed by atoms with Crippen LogP contribution >= 0.6 is 0 Å². The third-order valence-electron chi connectivity index (χ3n) is 7.31. The lowest BCUT2D eigenvalue weighted by Gasteiger charge is -2.27. The van der Waals surface area contributed by atoms with Crippen molar-refractivity contribution in [3.05, 3.63) is 64.2 Å². The van der Waals surface area contributed by atoms with Crippen LogP contribution in [0.15, 0.2) is 36.4 Å². The highest BCUT2D eigenvalue weighted by molar-refractivity contribution is 6.24. The van der Waals surface area contributed by atoms with E-state index in [1.54, 1.807) is 12.1 Å². The van der Waals surface area contributed by atoms with Crippen molar-refractivity contribution >= 4 is 29.5 Å². The fourth-order valence-corrected chi connectivity index (χ4v) is 5.47. The molecule has 5 amide bonds. The van der Waals surface area contributed by atoms with E-state index in [2.05, 4.69) is 29.7 Å². The molecule has 2 aromatic rings. The molecule has 3 aliphatic rings. The van der Waals surface area contributed by atoms with Crippen molar-refractivity contribution in [2.24, 2.45) is 0 Å². The molecular formula is C28H29N3O6. The Balaban J connectivity index is 1.18. The summed E-state index contributed by atoms with van der Waals surface area (Å²) in [6.07, 6.45) is 3.83. The van der Waals surface area contributed by atoms with Gasteiger partial charge in [-0.05, 0) is 67.9 Å². The molecule has 2 unspecified atom stereocenters. The van der Waals surface area contributed by atoms with Crippen molar-refractivity contribution < 1.29 is 28.7 Å². The van der Waals surface area contributed by atoms with Crippen LogP contribution < -0.4 is 15.4 Å². The fourth-order valence-electron chi connectivity index (χ4n) is 5.47. The monoisotopic (exact) mass is 503 g/mol. The number of hydrogen-bond donors (Lipinski definition) is 2. The number of carbonyl (C=O) groups is 5. The van der Waals surface area contributed by atoms with Crippen molar-refractivity contribution in [2.45, 2.75) is 64.0 Å². The number of amides is 5. The van der Waals surface area contributed by atoms with Crippen LogP contribution in [0.3, 0.4) is 0 Å². The molecule has 9 nitrogen and oxygen atoms in total. The van der Waals surface area contributed by atoms with E-state index in [0.717, 1.165) is 24.2 Å². The average Bonchev–Trinajstić information content (AvgIpc) is 3.13. The number of hydrogen-bond acceptors (Lipinski definition) is 6. The smallest absolute Gasteiger partial charge is 0.266 e. The molecule has 0 saturated carbocycles. The topological polar surface area (TPSA) is 122 Å². The second-order valence-corrected chi connectivity index (χ2v) is 9.73. The molecule has 2 heterocycles. The maximum absolute atomic E-state index is 13.1. The first-order valence-corrected chi connectivity index (χ1v) is 12.7. The summed E-state index contributed by atoms with van der Waals surface area (Å²) in [5, 5.41) is 5.33. The van der Waals surface area contributed by atoms with Crippen LogP contribution in [0.25, 0.3) is 0 Å². The maximum atomic E-state index is 13.1. The van der Waals surface area contributed by atoms with Crippen LogP contribution in [0.4, 0.5) is 0 Å². The molecule has 192 valence electrons. The molecule has 1 aliphatic carbocycles. The van der Waals surface area contributed by atoms with E-state index in [9.17, 15) is 24.0 Å². The summed E-state index contributed by atoms with van der Waals surface area (Å²) in [5.41, 5.74) is 4.04. The predicted octanol–water partition coefficient (Wildman–Crippen LogP) is 2.75. The van der Waals surface area contributed by atoms with Gasteiger partial charge in [0.05, 0.1) is 23.8 Å². The zero-order valence-corrected chi connectivity index (χ0v) is 20.7. The van der Waals surface area contributed by atoms with Crippen LogP contribution in [0.5, 0.6) is 5.75 Å². The molecule has 9 heteroatoms. The molecule has 1 fully saturated rings. The van der Waals surface area contributed by atoms with Gasteiger partial charge in [-0.15, -0.1) is 0 Å². The highest BCUT2D eigenvalue weighted by Gasteiger charge is 2.46. The van der Waals surface area contributed by atoms with Crippen molar-refractivity contribution in [3.63, 3.8) is 0 Å². The van der Waals surface area contributed by atoms with Crippen molar-refractivity contribution in [2.75, 3.05) is 6.61 Å². The van der Waals surface area contributed by atoms with E-state index in [0.29, 0.717) is 6.42 Å². The quantitative estimate of drug-likeness (QED) is 0.443. The number of benzene rings is 2. The lowest BCUT2D eigenvalue weighted by atomic mass is 9.85. The first-order valence-electron chi connectivity index (χ1n) is 12.7. The van der Waals surface area contributed by atoms with Crippen LogP contribution in [0.2, 0.25) is 0 Å². The zero-order chi connectivity index (χ0) is 26.1. The molecule has 37 heavy (non-hydrogen) atoms. The number of fused-ring (bicyclic) bond motifs is 2. The van der Waals surface area contributed by atoms with E-state index < -0.39 is 29.7 Å². The Labute approximate surface area is 214 Å². The van der Waals surface area contributed by atoms with Crippen molar-refractivity contribution in [1.82, 2.24) is 15.5 Å². The number of ether oxygens (including phenoxy) is 1. The molecule has 0 aromatic heterocycles. The SMILES string of the molecule is Cc1cccc2c1CCCC2NC(=O)CCCOc1cccc2c1C(=O)N(C1CCC(=O)NC1=O)C2=O. The average molecular weight is 504 g/mol. The molecule has 2 aromatic carbocycles. The Bertz CT molecular complexity index is 1300. The van der Waals surface area contributed by atoms with Gasteiger partial charge in [-0.1, -0.05) is 24.3 Å². The van der Waals surface area contributed by atoms with E-state index in [-0.39, 0.29) is 54.7 Å². The predicted molar refractivity (Wildman–Crippen MR) is 133 cm³/mol. The molecule has 0 radical (unpaired) electrons. The maximum Gasteiger partial charge on any atom is 0.266 e. The van der Waals surface area contributed by atoms with Gasteiger partial charge in [0.25, 0.3) is 11.8 Å². The standard InChI is InChI=1S/C28H29N3O6/c1-16-6-2-8-18-17(16)7-3-10-20(18)29-23(32)12-5-15-37-22-11-4-9-19-25(22)28(36)31(27(19)35)21-13-14-24(33)30-26(21)34/h2,4,6,8-9,11,20-21H,3,5,7,10,12-15H2,1H3,(H,29,32)(H,30,33,34). The Kier molecular flexibility index (Phi) is 6.78. The van der Waals surface area contributed by atoms with Gasteiger partial charge in [-0.2, -0.15) is 0 Å². The number of rotatable bonds is 7. The Morgan fingerprint density at radius 2 is 1.86 bits per heavy atom. The van der Waals surface area contributed by atoms with Gasteiger partial charge in [0, 0.05) is 12.8 Å². The summed E-state index contributed by atoms with van der Waals surface area (Å²) >= 11 is 0. The van der Waals surface area contributed by atoms with Crippen LogP contribution in [-0.2, 0) is 20.8 Å². The number of carbonyl (C=O) groups excluding carboxylic acids is 5. The number of imide groups is 2. The minimum Gasteiger partial charge on any atom is -0.493 e. The zero-order valence-electron chi connectivity index (χ0n) is 20.7. The lowest BCUT2D eigenvalue weighted by molar-refractivity contribution is -0.136. The van der Waals surface area contributed by atoms with E-state index in [1.165, 1.54) is 22.8 Å². The van der Waals surface area contributed by atoms with Gasteiger partial charge < -0.3 is 10.1 Å². The molecule has 0 spiro atoms. The van der Waals surface area contributed by atoms with Crippen LogP contribution in [0, 0.1) is 6.92 Å². The van der Waals surface area contributed by atoms with Crippen LogP contribution in [-0.4, -0.2) is 47.1 Å².